The molecule has 1 saturated heterocycles. The van der Waals surface area contributed by atoms with Crippen molar-refractivity contribution >= 4 is 23.8 Å². The SMILES string of the molecule is CCCN1C(=O)C(=O)N(CC(=O)N[C@@H](c2ccc(CC)cc2)C(C)C)C1=O. The van der Waals surface area contributed by atoms with Crippen molar-refractivity contribution < 1.29 is 19.2 Å². The van der Waals surface area contributed by atoms with E-state index in [2.05, 4.69) is 12.2 Å². The Morgan fingerprint density at radius 3 is 2.11 bits per heavy atom. The smallest absolute Gasteiger partial charge is 0.334 e. The second kappa shape index (κ2) is 8.79. The molecule has 0 radical (unpaired) electrons. The number of carbonyl (C=O) groups is 4. The lowest BCUT2D eigenvalue weighted by molar-refractivity contribution is -0.144. The normalized spacial score (nSPS) is 15.7. The number of hydrogen-bond acceptors (Lipinski definition) is 4. The summed E-state index contributed by atoms with van der Waals surface area (Å²) in [6, 6.07) is 7.01. The molecule has 0 saturated carbocycles. The third kappa shape index (κ3) is 4.53. The van der Waals surface area contributed by atoms with Crippen LogP contribution in [0.25, 0.3) is 0 Å². The van der Waals surface area contributed by atoms with Gasteiger partial charge >= 0.3 is 17.8 Å². The van der Waals surface area contributed by atoms with E-state index >= 15 is 0 Å². The Kier molecular flexibility index (Phi) is 6.71. The van der Waals surface area contributed by atoms with Crippen molar-refractivity contribution in [3.8, 4) is 0 Å². The molecular formula is C20H27N3O4. The summed E-state index contributed by atoms with van der Waals surface area (Å²) in [6.07, 6.45) is 1.48. The lowest BCUT2D eigenvalue weighted by atomic mass is 9.95. The largest absolute Gasteiger partial charge is 0.347 e. The van der Waals surface area contributed by atoms with Gasteiger partial charge in [0, 0.05) is 6.54 Å². The van der Waals surface area contributed by atoms with Crippen LogP contribution in [0.15, 0.2) is 24.3 Å². The summed E-state index contributed by atoms with van der Waals surface area (Å²) in [6.45, 7) is 7.55. The standard InChI is InChI=1S/C20H27N3O4/c1-5-11-22-18(25)19(26)23(20(22)27)12-16(24)21-17(13(3)4)15-9-7-14(6-2)8-10-15/h7-10,13,17H,5-6,11-12H2,1-4H3,(H,21,24)/t17-/m1/s1. The molecule has 1 atom stereocenters. The molecule has 1 aromatic carbocycles. The van der Waals surface area contributed by atoms with Crippen LogP contribution in [0, 0.1) is 5.92 Å². The Hall–Kier alpha value is -2.70. The zero-order valence-electron chi connectivity index (χ0n) is 16.3. The van der Waals surface area contributed by atoms with Crippen LogP contribution in [0.1, 0.15) is 51.3 Å². The first-order valence-electron chi connectivity index (χ1n) is 9.35. The van der Waals surface area contributed by atoms with Gasteiger partial charge in [-0.1, -0.05) is 52.0 Å². The van der Waals surface area contributed by atoms with Crippen LogP contribution in [-0.2, 0) is 20.8 Å². The highest BCUT2D eigenvalue weighted by Gasteiger charge is 2.44. The van der Waals surface area contributed by atoms with E-state index in [1.165, 1.54) is 5.56 Å². The molecule has 1 aromatic rings. The maximum atomic E-state index is 12.5. The van der Waals surface area contributed by atoms with Gasteiger partial charge < -0.3 is 5.32 Å². The number of imide groups is 2. The van der Waals surface area contributed by atoms with E-state index in [0.29, 0.717) is 11.3 Å². The molecule has 2 rings (SSSR count). The number of nitrogens with one attached hydrogen (secondary N) is 1. The molecule has 0 spiro atoms. The molecule has 1 N–H and O–H groups in total. The Labute approximate surface area is 159 Å². The van der Waals surface area contributed by atoms with Gasteiger partial charge in [-0.15, -0.1) is 0 Å². The average Bonchev–Trinajstić information content (AvgIpc) is 2.84. The third-order valence-corrected chi connectivity index (χ3v) is 4.61. The van der Waals surface area contributed by atoms with Gasteiger partial charge in [-0.2, -0.15) is 0 Å². The van der Waals surface area contributed by atoms with Gasteiger partial charge in [-0.25, -0.2) is 9.69 Å². The number of benzene rings is 1. The first-order chi connectivity index (χ1) is 12.8. The van der Waals surface area contributed by atoms with Crippen LogP contribution in [0.3, 0.4) is 0 Å². The Balaban J connectivity index is 2.08. The number of aryl methyl sites for hydroxylation is 1. The predicted octanol–water partition coefficient (Wildman–Crippen LogP) is 2.26. The van der Waals surface area contributed by atoms with Crippen molar-refractivity contribution in [2.75, 3.05) is 13.1 Å². The maximum Gasteiger partial charge on any atom is 0.334 e. The van der Waals surface area contributed by atoms with Gasteiger partial charge in [-0.3, -0.25) is 19.3 Å². The van der Waals surface area contributed by atoms with Gasteiger partial charge in [0.1, 0.15) is 6.54 Å². The topological polar surface area (TPSA) is 86.8 Å². The van der Waals surface area contributed by atoms with E-state index in [9.17, 15) is 19.2 Å². The van der Waals surface area contributed by atoms with Crippen LogP contribution >= 0.6 is 0 Å². The summed E-state index contributed by atoms with van der Waals surface area (Å²) in [5, 5.41) is 2.89. The fourth-order valence-electron chi connectivity index (χ4n) is 3.07. The summed E-state index contributed by atoms with van der Waals surface area (Å²) >= 11 is 0. The highest BCUT2D eigenvalue weighted by Crippen LogP contribution is 2.22. The number of hydrogen-bond donors (Lipinski definition) is 1. The summed E-state index contributed by atoms with van der Waals surface area (Å²) in [4.78, 5) is 50.3. The minimum Gasteiger partial charge on any atom is -0.347 e. The Morgan fingerprint density at radius 1 is 1.00 bits per heavy atom. The van der Waals surface area contributed by atoms with Gasteiger partial charge in [0.2, 0.25) is 5.91 Å². The zero-order chi connectivity index (χ0) is 20.1. The Morgan fingerprint density at radius 2 is 1.59 bits per heavy atom. The molecule has 1 heterocycles. The summed E-state index contributed by atoms with van der Waals surface area (Å²) in [5.41, 5.74) is 2.16. The van der Waals surface area contributed by atoms with Crippen LogP contribution < -0.4 is 5.32 Å². The molecule has 0 unspecified atom stereocenters. The molecule has 0 bridgehead atoms. The van der Waals surface area contributed by atoms with Crippen molar-refractivity contribution in [2.24, 2.45) is 5.92 Å². The van der Waals surface area contributed by atoms with Crippen LogP contribution in [0.2, 0.25) is 0 Å². The number of urea groups is 1. The predicted molar refractivity (Wildman–Crippen MR) is 101 cm³/mol. The van der Waals surface area contributed by atoms with E-state index < -0.39 is 30.3 Å². The first-order valence-corrected chi connectivity index (χ1v) is 9.35. The molecule has 1 aliphatic rings. The van der Waals surface area contributed by atoms with Gasteiger partial charge in [-0.05, 0) is 29.9 Å². The summed E-state index contributed by atoms with van der Waals surface area (Å²) in [5.74, 6) is -2.17. The molecule has 1 fully saturated rings. The number of nitrogens with zero attached hydrogens (tertiary/aromatic N) is 2. The van der Waals surface area contributed by atoms with E-state index in [-0.39, 0.29) is 18.5 Å². The average molecular weight is 373 g/mol. The second-order valence-corrected chi connectivity index (χ2v) is 7.01. The minimum absolute atomic E-state index is 0.115. The van der Waals surface area contributed by atoms with E-state index in [1.54, 1.807) is 6.92 Å². The molecule has 146 valence electrons. The maximum absolute atomic E-state index is 12.5. The molecule has 5 amide bonds. The van der Waals surface area contributed by atoms with Gasteiger partial charge in [0.05, 0.1) is 6.04 Å². The summed E-state index contributed by atoms with van der Waals surface area (Å²) in [7, 11) is 0. The summed E-state index contributed by atoms with van der Waals surface area (Å²) < 4.78 is 0. The number of rotatable bonds is 8. The highest BCUT2D eigenvalue weighted by atomic mass is 16.2. The monoisotopic (exact) mass is 373 g/mol. The molecule has 27 heavy (non-hydrogen) atoms. The van der Waals surface area contributed by atoms with E-state index in [1.807, 2.05) is 38.1 Å². The van der Waals surface area contributed by atoms with Crippen molar-refractivity contribution in [1.82, 2.24) is 15.1 Å². The van der Waals surface area contributed by atoms with Gasteiger partial charge in [0.15, 0.2) is 0 Å². The highest BCUT2D eigenvalue weighted by molar-refractivity contribution is 6.45. The van der Waals surface area contributed by atoms with Gasteiger partial charge in [0.25, 0.3) is 0 Å². The van der Waals surface area contributed by atoms with Crippen LogP contribution in [0.5, 0.6) is 0 Å². The fourth-order valence-corrected chi connectivity index (χ4v) is 3.07. The van der Waals surface area contributed by atoms with E-state index in [0.717, 1.165) is 16.9 Å². The fraction of sp³-hybridized carbons (Fsp3) is 0.500. The van der Waals surface area contributed by atoms with Crippen molar-refractivity contribution in [3.05, 3.63) is 35.4 Å². The van der Waals surface area contributed by atoms with Crippen molar-refractivity contribution in [1.29, 1.82) is 0 Å². The lowest BCUT2D eigenvalue weighted by Gasteiger charge is -2.24. The third-order valence-electron chi connectivity index (χ3n) is 4.61. The first kappa shape index (κ1) is 20.6. The van der Waals surface area contributed by atoms with Crippen LogP contribution in [-0.4, -0.2) is 46.6 Å². The zero-order valence-corrected chi connectivity index (χ0v) is 16.3. The quantitative estimate of drug-likeness (QED) is 0.559. The second-order valence-electron chi connectivity index (χ2n) is 7.01. The molecule has 1 aliphatic heterocycles. The molecule has 0 aliphatic carbocycles. The van der Waals surface area contributed by atoms with Crippen LogP contribution in [0.4, 0.5) is 4.79 Å². The molecule has 7 nitrogen and oxygen atoms in total. The molecule has 0 aromatic heterocycles. The van der Waals surface area contributed by atoms with Crippen molar-refractivity contribution in [2.45, 2.75) is 46.6 Å². The Bertz CT molecular complexity index is 727. The molecular weight excluding hydrogens is 346 g/mol. The number of amides is 5. The lowest BCUT2D eigenvalue weighted by Crippen LogP contribution is -2.43. The number of carbonyl (C=O) groups excluding carboxylic acids is 4. The minimum atomic E-state index is -0.947. The van der Waals surface area contributed by atoms with Crippen molar-refractivity contribution in [3.63, 3.8) is 0 Å². The molecule has 7 heteroatoms. The van der Waals surface area contributed by atoms with E-state index in [4.69, 9.17) is 0 Å².